The van der Waals surface area contributed by atoms with Gasteiger partial charge in [-0.2, -0.15) is 4.68 Å². The average molecular weight is 364 g/mol. The van der Waals surface area contributed by atoms with Gasteiger partial charge < -0.3 is 5.32 Å². The number of aromatic nitrogens is 4. The number of tetrazole rings is 1. The first-order valence-corrected chi connectivity index (χ1v) is 9.04. The van der Waals surface area contributed by atoms with E-state index in [1.165, 1.54) is 25.7 Å². The molecular formula is C17H22ClN5O2. The van der Waals surface area contributed by atoms with Crippen molar-refractivity contribution in [3.8, 4) is 5.69 Å². The largest absolute Gasteiger partial charge is 0.377 e. The smallest absolute Gasteiger partial charge is 0.336 e. The van der Waals surface area contributed by atoms with E-state index in [0.717, 1.165) is 33.7 Å². The van der Waals surface area contributed by atoms with Crippen LogP contribution in [0.25, 0.3) is 5.69 Å². The van der Waals surface area contributed by atoms with Gasteiger partial charge in [-0.25, -0.2) is 9.59 Å². The molecule has 1 fully saturated rings. The Morgan fingerprint density at radius 1 is 1.32 bits per heavy atom. The molecule has 0 saturated heterocycles. The van der Waals surface area contributed by atoms with Crippen molar-refractivity contribution in [3.63, 3.8) is 0 Å². The van der Waals surface area contributed by atoms with E-state index >= 15 is 0 Å². The molecule has 1 aromatic heterocycles. The fourth-order valence-corrected chi connectivity index (χ4v) is 3.67. The number of nitrogens with one attached hydrogen (secondary N) is 1. The molecule has 25 heavy (non-hydrogen) atoms. The van der Waals surface area contributed by atoms with Gasteiger partial charge in [-0.05, 0) is 47.7 Å². The van der Waals surface area contributed by atoms with Gasteiger partial charge >= 0.3 is 11.7 Å². The lowest BCUT2D eigenvalue weighted by molar-refractivity contribution is 0.237. The maximum Gasteiger partial charge on any atom is 0.377 e. The third-order valence-corrected chi connectivity index (χ3v) is 5.02. The number of para-hydroxylation sites is 1. The second-order valence-electron chi connectivity index (χ2n) is 6.52. The number of benzene rings is 1. The minimum atomic E-state index is -0.635. The van der Waals surface area contributed by atoms with E-state index in [4.69, 9.17) is 11.6 Å². The highest BCUT2D eigenvalue weighted by atomic mass is 35.5. The van der Waals surface area contributed by atoms with Crippen molar-refractivity contribution < 1.29 is 4.79 Å². The zero-order chi connectivity index (χ0) is 17.8. The summed E-state index contributed by atoms with van der Waals surface area (Å²) in [7, 11) is 0. The van der Waals surface area contributed by atoms with Crippen LogP contribution in [0.15, 0.2) is 23.0 Å². The number of nitrogens with zero attached hydrogens (tertiary/aromatic N) is 4. The predicted octanol–water partition coefficient (Wildman–Crippen LogP) is 2.92. The fourth-order valence-electron chi connectivity index (χ4n) is 3.37. The molecule has 0 aliphatic heterocycles. The minimum Gasteiger partial charge on any atom is -0.336 e. The molecule has 1 aliphatic rings. The topological polar surface area (TPSA) is 81.8 Å². The normalized spacial score (nSPS) is 14.8. The van der Waals surface area contributed by atoms with Crippen LogP contribution in [-0.2, 0) is 0 Å². The molecule has 1 aromatic carbocycles. The predicted molar refractivity (Wildman–Crippen MR) is 95.4 cm³/mol. The molecule has 134 valence electrons. The van der Waals surface area contributed by atoms with Crippen LogP contribution >= 0.6 is 11.6 Å². The molecule has 3 rings (SSSR count). The molecular weight excluding hydrogens is 342 g/mol. The molecule has 0 atom stereocenters. The molecule has 1 aliphatic carbocycles. The van der Waals surface area contributed by atoms with Crippen LogP contribution in [0.3, 0.4) is 0 Å². The molecule has 1 saturated carbocycles. The first-order valence-electron chi connectivity index (χ1n) is 8.66. The number of aryl methyl sites for hydroxylation is 1. The fraction of sp³-hybridized carbons (Fsp3) is 0.529. The lowest BCUT2D eigenvalue weighted by Gasteiger charge is -2.08. The third-order valence-electron chi connectivity index (χ3n) is 4.71. The Bertz CT molecular complexity index is 787. The van der Waals surface area contributed by atoms with Gasteiger partial charge in [-0.1, -0.05) is 49.4 Å². The maximum absolute atomic E-state index is 12.4. The van der Waals surface area contributed by atoms with E-state index in [2.05, 4.69) is 15.7 Å². The van der Waals surface area contributed by atoms with Crippen molar-refractivity contribution in [1.29, 1.82) is 0 Å². The van der Waals surface area contributed by atoms with Crippen molar-refractivity contribution in [2.24, 2.45) is 5.92 Å². The lowest BCUT2D eigenvalue weighted by atomic mass is 10.0. The number of carbonyl (C=O) groups is 1. The number of hydrogen-bond donors (Lipinski definition) is 1. The van der Waals surface area contributed by atoms with E-state index < -0.39 is 11.7 Å². The van der Waals surface area contributed by atoms with Crippen LogP contribution in [0.2, 0.25) is 5.02 Å². The Balaban J connectivity index is 1.64. The second kappa shape index (κ2) is 7.82. The van der Waals surface area contributed by atoms with Gasteiger partial charge in [0.15, 0.2) is 0 Å². The highest BCUT2D eigenvalue weighted by Crippen LogP contribution is 2.28. The van der Waals surface area contributed by atoms with Crippen LogP contribution in [0.1, 0.15) is 44.1 Å². The van der Waals surface area contributed by atoms with E-state index in [1.807, 2.05) is 13.0 Å². The van der Waals surface area contributed by atoms with Crippen LogP contribution < -0.4 is 11.0 Å². The Morgan fingerprint density at radius 2 is 2.08 bits per heavy atom. The SMILES string of the molecule is Cc1cccc(Cl)c1-n1nnn(C(=O)NCCCC2CCCC2)c1=O. The van der Waals surface area contributed by atoms with Crippen molar-refractivity contribution in [1.82, 2.24) is 25.1 Å². The summed E-state index contributed by atoms with van der Waals surface area (Å²) in [6, 6.07) is 4.70. The van der Waals surface area contributed by atoms with Gasteiger partial charge in [-0.15, -0.1) is 4.68 Å². The highest BCUT2D eigenvalue weighted by Gasteiger charge is 2.18. The van der Waals surface area contributed by atoms with Gasteiger partial charge in [0.1, 0.15) is 0 Å². The number of rotatable bonds is 5. The van der Waals surface area contributed by atoms with Crippen LogP contribution in [0.5, 0.6) is 0 Å². The highest BCUT2D eigenvalue weighted by molar-refractivity contribution is 6.32. The molecule has 8 heteroatoms. The van der Waals surface area contributed by atoms with Crippen molar-refractivity contribution in [2.45, 2.75) is 45.4 Å². The summed E-state index contributed by atoms with van der Waals surface area (Å²) in [6.07, 6.45) is 7.23. The summed E-state index contributed by atoms with van der Waals surface area (Å²) >= 11 is 6.15. The Morgan fingerprint density at radius 3 is 2.80 bits per heavy atom. The number of hydrogen-bond acceptors (Lipinski definition) is 4. The summed E-state index contributed by atoms with van der Waals surface area (Å²) in [5.74, 6) is 0.781. The monoisotopic (exact) mass is 363 g/mol. The molecule has 2 aromatic rings. The molecule has 0 radical (unpaired) electrons. The van der Waals surface area contributed by atoms with E-state index in [0.29, 0.717) is 17.3 Å². The minimum absolute atomic E-state index is 0.381. The second-order valence-corrected chi connectivity index (χ2v) is 6.92. The maximum atomic E-state index is 12.4. The molecule has 1 N–H and O–H groups in total. The number of carbonyl (C=O) groups excluding carboxylic acids is 1. The van der Waals surface area contributed by atoms with Gasteiger partial charge in [0.25, 0.3) is 0 Å². The standard InChI is InChI=1S/C17H22ClN5O2/c1-12-6-4-10-14(18)15(12)22-17(25)23(21-20-22)16(24)19-11-5-9-13-7-2-3-8-13/h4,6,10,13H,2-3,5,7-9,11H2,1H3,(H,19,24). The Labute approximate surface area is 151 Å². The summed E-state index contributed by atoms with van der Waals surface area (Å²) in [5.41, 5.74) is 0.581. The Kier molecular flexibility index (Phi) is 5.53. The van der Waals surface area contributed by atoms with Crippen molar-refractivity contribution in [2.75, 3.05) is 6.54 Å². The molecule has 0 spiro atoms. The quantitative estimate of drug-likeness (QED) is 0.654. The van der Waals surface area contributed by atoms with Crippen molar-refractivity contribution >= 4 is 17.6 Å². The molecule has 1 heterocycles. The first kappa shape index (κ1) is 17.7. The Hall–Kier alpha value is -2.15. The van der Waals surface area contributed by atoms with E-state index in [-0.39, 0.29) is 0 Å². The molecule has 0 bridgehead atoms. The number of amides is 1. The molecule has 0 unspecified atom stereocenters. The van der Waals surface area contributed by atoms with Crippen LogP contribution in [-0.4, -0.2) is 32.4 Å². The van der Waals surface area contributed by atoms with Crippen molar-refractivity contribution in [3.05, 3.63) is 39.3 Å². The third kappa shape index (κ3) is 3.92. The average Bonchev–Trinajstić information content (AvgIpc) is 3.22. The van der Waals surface area contributed by atoms with Crippen LogP contribution in [0.4, 0.5) is 4.79 Å². The summed E-state index contributed by atoms with van der Waals surface area (Å²) in [6.45, 7) is 2.34. The van der Waals surface area contributed by atoms with Gasteiger partial charge in [0.2, 0.25) is 0 Å². The van der Waals surface area contributed by atoms with Gasteiger partial charge in [-0.3, -0.25) is 0 Å². The molecule has 1 amide bonds. The van der Waals surface area contributed by atoms with Crippen LogP contribution in [0, 0.1) is 12.8 Å². The summed E-state index contributed by atoms with van der Waals surface area (Å²) in [4.78, 5) is 24.6. The zero-order valence-corrected chi connectivity index (χ0v) is 15.0. The van der Waals surface area contributed by atoms with E-state index in [1.54, 1.807) is 12.1 Å². The molecule has 7 nitrogen and oxygen atoms in total. The van der Waals surface area contributed by atoms with Gasteiger partial charge in [0.05, 0.1) is 10.7 Å². The van der Waals surface area contributed by atoms with Gasteiger partial charge in [0, 0.05) is 6.54 Å². The summed E-state index contributed by atoms with van der Waals surface area (Å²) in [5, 5.41) is 10.6. The number of halogens is 1. The lowest BCUT2D eigenvalue weighted by Crippen LogP contribution is -2.38. The zero-order valence-electron chi connectivity index (χ0n) is 14.2. The van der Waals surface area contributed by atoms with E-state index in [9.17, 15) is 9.59 Å². The summed E-state index contributed by atoms with van der Waals surface area (Å²) < 4.78 is 1.79. The first-order chi connectivity index (χ1) is 12.1.